The van der Waals surface area contributed by atoms with Gasteiger partial charge in [-0.3, -0.25) is 4.79 Å². The van der Waals surface area contributed by atoms with Gasteiger partial charge in [-0.15, -0.1) is 11.3 Å². The van der Waals surface area contributed by atoms with Crippen LogP contribution in [0.3, 0.4) is 0 Å². The monoisotopic (exact) mass is 369 g/mol. The van der Waals surface area contributed by atoms with Crippen LogP contribution in [0, 0.1) is 17.2 Å². The maximum Gasteiger partial charge on any atom is 0.226 e. The number of nitrogens with one attached hydrogen (secondary N) is 2. The van der Waals surface area contributed by atoms with Gasteiger partial charge < -0.3 is 10.6 Å². The molecule has 0 radical (unpaired) electrons. The van der Waals surface area contributed by atoms with Crippen LogP contribution < -0.4 is 10.6 Å². The van der Waals surface area contributed by atoms with Crippen LogP contribution in [-0.4, -0.2) is 12.5 Å². The number of hydrogen-bond acceptors (Lipinski definition) is 4. The molecule has 26 heavy (non-hydrogen) atoms. The highest BCUT2D eigenvalue weighted by atomic mass is 32.1. The third kappa shape index (κ3) is 5.69. The molecule has 1 atom stereocenters. The third-order valence-electron chi connectivity index (χ3n) is 4.30. The fourth-order valence-electron chi connectivity index (χ4n) is 2.94. The minimum Gasteiger partial charge on any atom is -0.317 e. The number of carbonyl (C=O) groups excluding carboxylic acids is 1. The number of nitriles is 1. The zero-order chi connectivity index (χ0) is 18.9. The Morgan fingerprint density at radius 2 is 1.96 bits per heavy atom. The molecule has 1 aromatic heterocycles. The minimum absolute atomic E-state index is 0.0720. The average molecular weight is 370 g/mol. The summed E-state index contributed by atoms with van der Waals surface area (Å²) in [5, 5.41) is 17.8. The molecule has 0 spiro atoms. The number of carbonyl (C=O) groups is 1. The van der Waals surface area contributed by atoms with Crippen molar-refractivity contribution in [3.63, 3.8) is 0 Å². The number of aryl methyl sites for hydroxylation is 1. The highest BCUT2D eigenvalue weighted by Crippen LogP contribution is 2.23. The molecule has 2 N–H and O–H groups in total. The van der Waals surface area contributed by atoms with Crippen molar-refractivity contribution in [3.8, 4) is 6.07 Å². The van der Waals surface area contributed by atoms with E-state index < -0.39 is 0 Å². The first-order valence-electron chi connectivity index (χ1n) is 9.14. The van der Waals surface area contributed by atoms with Gasteiger partial charge >= 0.3 is 0 Å². The fraction of sp³-hybridized carbons (Fsp3) is 0.429. The Labute approximate surface area is 160 Å². The number of amides is 1. The van der Waals surface area contributed by atoms with Gasteiger partial charge in [0.2, 0.25) is 5.91 Å². The molecule has 1 heterocycles. The van der Waals surface area contributed by atoms with E-state index in [-0.39, 0.29) is 11.9 Å². The molecule has 138 valence electrons. The topological polar surface area (TPSA) is 64.9 Å². The molecular formula is C21H27N3OS. The maximum atomic E-state index is 12.1. The summed E-state index contributed by atoms with van der Waals surface area (Å²) < 4.78 is 0. The van der Waals surface area contributed by atoms with Gasteiger partial charge in [-0.05, 0) is 34.9 Å². The number of benzene rings is 1. The minimum atomic E-state index is -0.0720. The van der Waals surface area contributed by atoms with E-state index in [2.05, 4.69) is 61.7 Å². The number of anilines is 1. The van der Waals surface area contributed by atoms with E-state index in [4.69, 9.17) is 5.26 Å². The second kappa shape index (κ2) is 10.1. The molecule has 2 rings (SSSR count). The highest BCUT2D eigenvalue weighted by molar-refractivity contribution is 7.14. The second-order valence-corrected chi connectivity index (χ2v) is 7.66. The average Bonchev–Trinajstić information content (AvgIpc) is 3.06. The van der Waals surface area contributed by atoms with Crippen LogP contribution in [0.4, 0.5) is 5.00 Å². The lowest BCUT2D eigenvalue weighted by atomic mass is 9.94. The first-order valence-corrected chi connectivity index (χ1v) is 10.0. The van der Waals surface area contributed by atoms with Gasteiger partial charge in [0.1, 0.15) is 11.1 Å². The maximum absolute atomic E-state index is 12.1. The van der Waals surface area contributed by atoms with Crippen molar-refractivity contribution >= 4 is 22.2 Å². The van der Waals surface area contributed by atoms with Crippen molar-refractivity contribution in [1.29, 1.82) is 5.26 Å². The van der Waals surface area contributed by atoms with Crippen LogP contribution in [0.25, 0.3) is 0 Å². The third-order valence-corrected chi connectivity index (χ3v) is 5.13. The molecular weight excluding hydrogens is 342 g/mol. The molecule has 4 nitrogen and oxygen atoms in total. The molecule has 0 saturated carbocycles. The summed E-state index contributed by atoms with van der Waals surface area (Å²) >= 11 is 1.37. The Bertz CT molecular complexity index is 743. The summed E-state index contributed by atoms with van der Waals surface area (Å²) in [7, 11) is 0. The Morgan fingerprint density at radius 3 is 2.58 bits per heavy atom. The van der Waals surface area contributed by atoms with E-state index >= 15 is 0 Å². The van der Waals surface area contributed by atoms with Crippen LogP contribution in [0.5, 0.6) is 0 Å². The molecule has 0 unspecified atom stereocenters. The van der Waals surface area contributed by atoms with Crippen LogP contribution >= 0.6 is 11.3 Å². The van der Waals surface area contributed by atoms with Crippen molar-refractivity contribution in [2.75, 3.05) is 11.9 Å². The first-order chi connectivity index (χ1) is 12.5. The molecule has 0 bridgehead atoms. The van der Waals surface area contributed by atoms with Crippen LogP contribution in [0.15, 0.2) is 35.7 Å². The molecule has 0 saturated heterocycles. The molecule has 0 aliphatic carbocycles. The number of rotatable bonds is 9. The Balaban J connectivity index is 1.88. The Hall–Kier alpha value is -2.16. The highest BCUT2D eigenvalue weighted by Gasteiger charge is 2.16. The standard InChI is InChI=1S/C21H27N3OS/c1-4-5-16-6-8-17(9-7-16)20(15(2)3)23-12-10-19(25)24-21-18(14-22)11-13-26-21/h6-9,11,13,15,20,23H,4-5,10,12H2,1-3H3,(H,24,25)/t20-/m1/s1. The van der Waals surface area contributed by atoms with Crippen molar-refractivity contribution in [1.82, 2.24) is 5.32 Å². The largest absolute Gasteiger partial charge is 0.317 e. The number of thiophene rings is 1. The van der Waals surface area contributed by atoms with Gasteiger partial charge in [0, 0.05) is 19.0 Å². The zero-order valence-corrected chi connectivity index (χ0v) is 16.5. The van der Waals surface area contributed by atoms with E-state index in [1.165, 1.54) is 22.5 Å². The second-order valence-electron chi connectivity index (χ2n) is 6.74. The molecule has 1 aromatic carbocycles. The normalized spacial score (nSPS) is 12.0. The lowest BCUT2D eigenvalue weighted by Gasteiger charge is -2.23. The lowest BCUT2D eigenvalue weighted by molar-refractivity contribution is -0.116. The zero-order valence-electron chi connectivity index (χ0n) is 15.7. The van der Waals surface area contributed by atoms with E-state index in [9.17, 15) is 4.79 Å². The van der Waals surface area contributed by atoms with Gasteiger partial charge in [0.05, 0.1) is 5.56 Å². The quantitative estimate of drug-likeness (QED) is 0.661. The van der Waals surface area contributed by atoms with Gasteiger partial charge in [-0.25, -0.2) is 0 Å². The SMILES string of the molecule is CCCc1ccc([C@H](NCCC(=O)Nc2sccc2C#N)C(C)C)cc1. The number of hydrogen-bond donors (Lipinski definition) is 2. The van der Waals surface area contributed by atoms with Crippen LogP contribution in [0.2, 0.25) is 0 Å². The molecule has 0 fully saturated rings. The van der Waals surface area contributed by atoms with E-state index in [0.29, 0.717) is 29.4 Å². The van der Waals surface area contributed by atoms with Crippen molar-refractivity contribution in [2.24, 2.45) is 5.92 Å². The van der Waals surface area contributed by atoms with Gasteiger partial charge in [-0.1, -0.05) is 51.5 Å². The predicted molar refractivity (Wildman–Crippen MR) is 108 cm³/mol. The number of nitrogens with zero attached hydrogens (tertiary/aromatic N) is 1. The van der Waals surface area contributed by atoms with Crippen LogP contribution in [-0.2, 0) is 11.2 Å². The van der Waals surface area contributed by atoms with Crippen molar-refractivity contribution in [2.45, 2.75) is 46.1 Å². The summed E-state index contributed by atoms with van der Waals surface area (Å²) in [6.07, 6.45) is 2.63. The fourth-order valence-corrected chi connectivity index (χ4v) is 3.70. The van der Waals surface area contributed by atoms with Gasteiger partial charge in [0.15, 0.2) is 0 Å². The van der Waals surface area contributed by atoms with Gasteiger partial charge in [0.25, 0.3) is 0 Å². The summed E-state index contributed by atoms with van der Waals surface area (Å²) in [6, 6.07) is 12.8. The summed E-state index contributed by atoms with van der Waals surface area (Å²) in [5.74, 6) is 0.356. The summed E-state index contributed by atoms with van der Waals surface area (Å²) in [6.45, 7) is 7.15. The van der Waals surface area contributed by atoms with Crippen molar-refractivity contribution < 1.29 is 4.79 Å². The van der Waals surface area contributed by atoms with E-state index in [1.54, 1.807) is 6.07 Å². The van der Waals surface area contributed by atoms with Crippen molar-refractivity contribution in [3.05, 3.63) is 52.4 Å². The Morgan fingerprint density at radius 1 is 1.23 bits per heavy atom. The van der Waals surface area contributed by atoms with E-state index in [1.807, 2.05) is 5.38 Å². The smallest absolute Gasteiger partial charge is 0.226 e. The lowest BCUT2D eigenvalue weighted by Crippen LogP contribution is -2.29. The summed E-state index contributed by atoms with van der Waals surface area (Å²) in [5.41, 5.74) is 3.14. The van der Waals surface area contributed by atoms with Crippen LogP contribution in [0.1, 0.15) is 56.3 Å². The predicted octanol–water partition coefficient (Wildman–Crippen LogP) is 4.89. The molecule has 5 heteroatoms. The Kier molecular flexibility index (Phi) is 7.83. The molecule has 0 aliphatic heterocycles. The summed E-state index contributed by atoms with van der Waals surface area (Å²) in [4.78, 5) is 12.1. The molecule has 2 aromatic rings. The molecule has 0 aliphatic rings. The van der Waals surface area contributed by atoms with E-state index in [0.717, 1.165) is 12.8 Å². The molecule has 1 amide bonds. The first kappa shape index (κ1) is 20.2. The van der Waals surface area contributed by atoms with Gasteiger partial charge in [-0.2, -0.15) is 5.26 Å².